The van der Waals surface area contributed by atoms with E-state index >= 15 is 0 Å². The van der Waals surface area contributed by atoms with Crippen molar-refractivity contribution in [3.63, 3.8) is 0 Å². The Morgan fingerprint density at radius 1 is 1.09 bits per heavy atom. The minimum atomic E-state index is -4.17. The van der Waals surface area contributed by atoms with Gasteiger partial charge in [0.25, 0.3) is 0 Å². The zero-order valence-corrected chi connectivity index (χ0v) is 13.0. The minimum Gasteiger partial charge on any atom is -0.340 e. The number of carbonyl (C=O) groups is 1. The van der Waals surface area contributed by atoms with Crippen molar-refractivity contribution in [2.24, 2.45) is 0 Å². The molecule has 3 nitrogen and oxygen atoms in total. The number of thioether (sulfide) groups is 1. The Labute approximate surface area is 132 Å². The molecule has 22 heavy (non-hydrogen) atoms. The van der Waals surface area contributed by atoms with Crippen LogP contribution in [0.4, 0.5) is 13.2 Å². The molecule has 1 aromatic carbocycles. The predicted molar refractivity (Wildman–Crippen MR) is 80.9 cm³/mol. The maximum Gasteiger partial charge on any atom is 0.401 e. The summed E-state index contributed by atoms with van der Waals surface area (Å²) in [6.07, 6.45) is -3.75. The zero-order valence-electron chi connectivity index (χ0n) is 12.2. The average molecular weight is 332 g/mol. The summed E-state index contributed by atoms with van der Waals surface area (Å²) in [5.74, 6) is 0.709. The van der Waals surface area contributed by atoms with Gasteiger partial charge < -0.3 is 4.90 Å². The van der Waals surface area contributed by atoms with Crippen molar-refractivity contribution in [2.75, 3.05) is 38.5 Å². The smallest absolute Gasteiger partial charge is 0.340 e. The first-order valence-electron chi connectivity index (χ1n) is 7.19. The highest BCUT2D eigenvalue weighted by molar-refractivity contribution is 7.99. The largest absolute Gasteiger partial charge is 0.401 e. The van der Waals surface area contributed by atoms with E-state index in [9.17, 15) is 18.0 Å². The molecular formula is C15H19F3N2OS. The number of alkyl halides is 3. The third-order valence-corrected chi connectivity index (χ3v) is 4.47. The van der Waals surface area contributed by atoms with E-state index in [0.29, 0.717) is 25.3 Å². The Hall–Kier alpha value is -1.21. The lowest BCUT2D eigenvalue weighted by Crippen LogP contribution is -2.50. The summed E-state index contributed by atoms with van der Waals surface area (Å²) < 4.78 is 36.9. The van der Waals surface area contributed by atoms with Crippen LogP contribution in [-0.4, -0.2) is 60.4 Å². The van der Waals surface area contributed by atoms with Crippen molar-refractivity contribution < 1.29 is 18.0 Å². The molecule has 7 heteroatoms. The van der Waals surface area contributed by atoms with Crippen LogP contribution in [0.15, 0.2) is 35.2 Å². The fraction of sp³-hybridized carbons (Fsp3) is 0.533. The number of nitrogens with zero attached hydrogens (tertiary/aromatic N) is 2. The summed E-state index contributed by atoms with van der Waals surface area (Å²) in [4.78, 5) is 16.2. The quantitative estimate of drug-likeness (QED) is 0.775. The second-order valence-corrected chi connectivity index (χ2v) is 6.35. The Morgan fingerprint density at radius 2 is 1.73 bits per heavy atom. The second kappa shape index (κ2) is 7.87. The monoisotopic (exact) mass is 332 g/mol. The Bertz CT molecular complexity index is 473. The van der Waals surface area contributed by atoms with Crippen molar-refractivity contribution in [1.29, 1.82) is 0 Å². The SMILES string of the molecule is O=C(CCSc1ccccc1)N1CCN(CC(F)(F)F)CC1. The van der Waals surface area contributed by atoms with Crippen molar-refractivity contribution in [1.82, 2.24) is 9.80 Å². The first kappa shape index (κ1) is 17.1. The molecule has 1 aliphatic heterocycles. The minimum absolute atomic E-state index is 0.0232. The molecule has 2 rings (SSSR count). The summed E-state index contributed by atoms with van der Waals surface area (Å²) in [7, 11) is 0. The molecule has 0 aliphatic carbocycles. The summed E-state index contributed by atoms with van der Waals surface area (Å²) in [6, 6.07) is 9.82. The summed E-state index contributed by atoms with van der Waals surface area (Å²) >= 11 is 1.61. The zero-order chi connectivity index (χ0) is 16.0. The van der Waals surface area contributed by atoms with E-state index in [1.807, 2.05) is 30.3 Å². The summed E-state index contributed by atoms with van der Waals surface area (Å²) in [5, 5.41) is 0. The van der Waals surface area contributed by atoms with Crippen LogP contribution in [0.2, 0.25) is 0 Å². The molecule has 1 aromatic rings. The van der Waals surface area contributed by atoms with Crippen molar-refractivity contribution in [3.05, 3.63) is 30.3 Å². The molecule has 0 spiro atoms. The molecule has 1 heterocycles. The van der Waals surface area contributed by atoms with Crippen molar-refractivity contribution in [3.8, 4) is 0 Å². The van der Waals surface area contributed by atoms with Gasteiger partial charge in [-0.15, -0.1) is 11.8 Å². The van der Waals surface area contributed by atoms with Gasteiger partial charge >= 0.3 is 6.18 Å². The van der Waals surface area contributed by atoms with E-state index < -0.39 is 12.7 Å². The highest BCUT2D eigenvalue weighted by atomic mass is 32.2. The van der Waals surface area contributed by atoms with Gasteiger partial charge in [-0.05, 0) is 12.1 Å². The van der Waals surface area contributed by atoms with Gasteiger partial charge in [0.15, 0.2) is 0 Å². The number of benzene rings is 1. The van der Waals surface area contributed by atoms with Crippen molar-refractivity contribution >= 4 is 17.7 Å². The Kier molecular flexibility index (Phi) is 6.14. The lowest BCUT2D eigenvalue weighted by molar-refractivity contribution is -0.151. The second-order valence-electron chi connectivity index (χ2n) is 5.18. The molecule has 0 saturated carbocycles. The lowest BCUT2D eigenvalue weighted by atomic mass is 10.3. The number of hydrogen-bond acceptors (Lipinski definition) is 3. The van der Waals surface area contributed by atoms with Gasteiger partial charge in [-0.3, -0.25) is 9.69 Å². The molecule has 1 aliphatic rings. The van der Waals surface area contributed by atoms with Crippen LogP contribution in [0.5, 0.6) is 0 Å². The molecular weight excluding hydrogens is 313 g/mol. The van der Waals surface area contributed by atoms with Crippen LogP contribution >= 0.6 is 11.8 Å². The third kappa shape index (κ3) is 5.88. The fourth-order valence-electron chi connectivity index (χ4n) is 2.34. The number of halogens is 3. The Morgan fingerprint density at radius 3 is 2.32 bits per heavy atom. The van der Waals surface area contributed by atoms with Gasteiger partial charge in [0.2, 0.25) is 5.91 Å². The standard InChI is InChI=1S/C15H19F3N2OS/c16-15(17,18)12-19-7-9-20(10-8-19)14(21)6-11-22-13-4-2-1-3-5-13/h1-5H,6-12H2. The topological polar surface area (TPSA) is 23.6 Å². The molecule has 0 unspecified atom stereocenters. The van der Waals surface area contributed by atoms with Gasteiger partial charge in [0.05, 0.1) is 6.54 Å². The van der Waals surface area contributed by atoms with E-state index in [1.165, 1.54) is 4.90 Å². The molecule has 0 bridgehead atoms. The van der Waals surface area contributed by atoms with Crippen LogP contribution in [-0.2, 0) is 4.79 Å². The third-order valence-electron chi connectivity index (χ3n) is 3.46. The maximum absolute atomic E-state index is 12.3. The van der Waals surface area contributed by atoms with Gasteiger partial charge in [-0.2, -0.15) is 13.2 Å². The van der Waals surface area contributed by atoms with Crippen LogP contribution in [0.3, 0.4) is 0 Å². The molecule has 0 atom stereocenters. The van der Waals surface area contributed by atoms with E-state index in [2.05, 4.69) is 0 Å². The first-order valence-corrected chi connectivity index (χ1v) is 8.17. The summed E-state index contributed by atoms with van der Waals surface area (Å²) in [6.45, 7) is 0.447. The van der Waals surface area contributed by atoms with Gasteiger partial charge in [-0.25, -0.2) is 0 Å². The average Bonchev–Trinajstić information content (AvgIpc) is 2.47. The summed E-state index contributed by atoms with van der Waals surface area (Å²) in [5.41, 5.74) is 0. The molecule has 1 fully saturated rings. The van der Waals surface area contributed by atoms with Gasteiger partial charge in [0.1, 0.15) is 0 Å². The van der Waals surface area contributed by atoms with Gasteiger partial charge in [0, 0.05) is 43.2 Å². The van der Waals surface area contributed by atoms with E-state index in [-0.39, 0.29) is 19.0 Å². The van der Waals surface area contributed by atoms with Crippen LogP contribution < -0.4 is 0 Å². The van der Waals surface area contributed by atoms with E-state index in [4.69, 9.17) is 0 Å². The predicted octanol–water partition coefficient (Wildman–Crippen LogP) is 2.88. The molecule has 0 aromatic heterocycles. The highest BCUT2D eigenvalue weighted by Crippen LogP contribution is 2.19. The first-order chi connectivity index (χ1) is 10.4. The van der Waals surface area contributed by atoms with Crippen LogP contribution in [0, 0.1) is 0 Å². The molecule has 1 saturated heterocycles. The number of hydrogen-bond donors (Lipinski definition) is 0. The van der Waals surface area contributed by atoms with Crippen molar-refractivity contribution in [2.45, 2.75) is 17.5 Å². The molecule has 122 valence electrons. The Balaban J connectivity index is 1.67. The molecule has 0 radical (unpaired) electrons. The maximum atomic E-state index is 12.3. The number of rotatable bonds is 5. The van der Waals surface area contributed by atoms with Crippen LogP contribution in [0.1, 0.15) is 6.42 Å². The lowest BCUT2D eigenvalue weighted by Gasteiger charge is -2.35. The van der Waals surface area contributed by atoms with E-state index in [1.54, 1.807) is 16.7 Å². The number of amides is 1. The molecule has 0 N–H and O–H groups in total. The van der Waals surface area contributed by atoms with Crippen LogP contribution in [0.25, 0.3) is 0 Å². The number of carbonyl (C=O) groups excluding carboxylic acids is 1. The van der Waals surface area contributed by atoms with Gasteiger partial charge in [-0.1, -0.05) is 18.2 Å². The fourth-order valence-corrected chi connectivity index (χ4v) is 3.20. The highest BCUT2D eigenvalue weighted by Gasteiger charge is 2.32. The normalized spacial score (nSPS) is 16.8. The van der Waals surface area contributed by atoms with E-state index in [0.717, 1.165) is 4.90 Å². The number of piperazine rings is 1. The molecule has 1 amide bonds.